The van der Waals surface area contributed by atoms with Gasteiger partial charge < -0.3 is 5.11 Å². The third-order valence-electron chi connectivity index (χ3n) is 3.29. The molecule has 3 rings (SSSR count). The molecule has 0 radical (unpaired) electrons. The molecule has 0 saturated carbocycles. The van der Waals surface area contributed by atoms with E-state index in [1.807, 2.05) is 43.3 Å². The molecule has 0 aliphatic heterocycles. The van der Waals surface area contributed by atoms with Crippen molar-refractivity contribution in [2.24, 2.45) is 0 Å². The molecule has 0 fully saturated rings. The van der Waals surface area contributed by atoms with Crippen LogP contribution in [0.3, 0.4) is 0 Å². The lowest BCUT2D eigenvalue weighted by Crippen LogP contribution is -1.99. The highest BCUT2D eigenvalue weighted by Crippen LogP contribution is 2.26. The number of aryl methyl sites for hydroxylation is 2. The van der Waals surface area contributed by atoms with Gasteiger partial charge in [0.1, 0.15) is 0 Å². The summed E-state index contributed by atoms with van der Waals surface area (Å²) in [5, 5.41) is 13.9. The molecule has 3 aromatic rings. The number of hydrogen-bond donors (Lipinski definition) is 1. The monoisotopic (exact) mass is 264 g/mol. The van der Waals surface area contributed by atoms with E-state index in [9.17, 15) is 5.11 Å². The number of aromatic nitrogens is 2. The number of nitrogens with zero attached hydrogens (tertiary/aromatic N) is 2. The van der Waals surface area contributed by atoms with Gasteiger partial charge in [-0.1, -0.05) is 42.0 Å². The molecular formula is C17H16N2O. The average molecular weight is 264 g/mol. The van der Waals surface area contributed by atoms with Crippen molar-refractivity contribution in [3.8, 4) is 22.8 Å². The van der Waals surface area contributed by atoms with Gasteiger partial charge in [0, 0.05) is 11.6 Å². The molecule has 2 aromatic carbocycles. The molecule has 0 saturated heterocycles. The van der Waals surface area contributed by atoms with Gasteiger partial charge in [0.25, 0.3) is 0 Å². The van der Waals surface area contributed by atoms with Crippen molar-refractivity contribution in [3.05, 3.63) is 65.7 Å². The molecule has 0 atom stereocenters. The molecule has 20 heavy (non-hydrogen) atoms. The summed E-state index contributed by atoms with van der Waals surface area (Å²) in [4.78, 5) is 0. The first-order valence-electron chi connectivity index (χ1n) is 6.56. The van der Waals surface area contributed by atoms with E-state index in [-0.39, 0.29) is 5.88 Å². The minimum absolute atomic E-state index is 0.0297. The van der Waals surface area contributed by atoms with Crippen LogP contribution in [0, 0.1) is 13.8 Å². The number of rotatable bonds is 2. The predicted molar refractivity (Wildman–Crippen MR) is 80.1 cm³/mol. The Hall–Kier alpha value is -2.55. The first-order valence-corrected chi connectivity index (χ1v) is 6.56. The van der Waals surface area contributed by atoms with Crippen LogP contribution in [-0.4, -0.2) is 14.9 Å². The quantitative estimate of drug-likeness (QED) is 0.763. The standard InChI is InChI=1S/C17H16N2O/c1-12-6-8-14(9-7-12)16-11-17(20)18-19(16)15-5-3-4-13(2)10-15/h3-11H,1-2H3,(H,18,20). The third kappa shape index (κ3) is 2.30. The minimum atomic E-state index is 0.0297. The van der Waals surface area contributed by atoms with Crippen molar-refractivity contribution in [2.75, 3.05) is 0 Å². The summed E-state index contributed by atoms with van der Waals surface area (Å²) in [5.74, 6) is 0.0297. The van der Waals surface area contributed by atoms with E-state index in [0.717, 1.165) is 22.5 Å². The Kier molecular flexibility index (Phi) is 3.03. The van der Waals surface area contributed by atoms with Crippen molar-refractivity contribution in [3.63, 3.8) is 0 Å². The molecular weight excluding hydrogens is 248 g/mol. The fourth-order valence-electron chi connectivity index (χ4n) is 2.26. The van der Waals surface area contributed by atoms with Gasteiger partial charge in [0.2, 0.25) is 5.88 Å². The average Bonchev–Trinajstić information content (AvgIpc) is 2.82. The predicted octanol–water partition coefficient (Wildman–Crippen LogP) is 3.86. The first-order chi connectivity index (χ1) is 9.63. The Balaban J connectivity index is 2.15. The van der Waals surface area contributed by atoms with E-state index in [1.54, 1.807) is 10.7 Å². The van der Waals surface area contributed by atoms with Gasteiger partial charge in [-0.2, -0.15) is 0 Å². The Bertz CT molecular complexity index is 742. The third-order valence-corrected chi connectivity index (χ3v) is 3.29. The van der Waals surface area contributed by atoms with Crippen molar-refractivity contribution in [2.45, 2.75) is 13.8 Å². The first kappa shape index (κ1) is 12.5. The molecule has 0 unspecified atom stereocenters. The Morgan fingerprint density at radius 1 is 0.900 bits per heavy atom. The van der Waals surface area contributed by atoms with Crippen molar-refractivity contribution in [1.29, 1.82) is 0 Å². The number of aromatic hydroxyl groups is 1. The summed E-state index contributed by atoms with van der Waals surface area (Å²) in [6.07, 6.45) is 0. The summed E-state index contributed by atoms with van der Waals surface area (Å²) in [6, 6.07) is 17.9. The van der Waals surface area contributed by atoms with Crippen molar-refractivity contribution < 1.29 is 5.11 Å². The summed E-state index contributed by atoms with van der Waals surface area (Å²) in [7, 11) is 0. The van der Waals surface area contributed by atoms with Gasteiger partial charge in [0.05, 0.1) is 11.4 Å². The number of benzene rings is 2. The molecule has 0 amide bonds. The lowest BCUT2D eigenvalue weighted by Gasteiger charge is -2.08. The molecule has 1 heterocycles. The van der Waals surface area contributed by atoms with E-state index in [0.29, 0.717) is 0 Å². The van der Waals surface area contributed by atoms with Crippen LogP contribution in [0.4, 0.5) is 0 Å². The molecule has 100 valence electrons. The van der Waals surface area contributed by atoms with Gasteiger partial charge in [-0.3, -0.25) is 0 Å². The largest absolute Gasteiger partial charge is 0.492 e. The van der Waals surface area contributed by atoms with E-state index >= 15 is 0 Å². The zero-order valence-electron chi connectivity index (χ0n) is 11.5. The molecule has 3 heteroatoms. The van der Waals surface area contributed by atoms with Crippen LogP contribution in [-0.2, 0) is 0 Å². The Morgan fingerprint density at radius 2 is 1.65 bits per heavy atom. The van der Waals surface area contributed by atoms with Crippen molar-refractivity contribution >= 4 is 0 Å². The van der Waals surface area contributed by atoms with Crippen LogP contribution in [0.25, 0.3) is 16.9 Å². The highest BCUT2D eigenvalue weighted by atomic mass is 16.3. The zero-order valence-corrected chi connectivity index (χ0v) is 11.5. The minimum Gasteiger partial charge on any atom is -0.492 e. The Morgan fingerprint density at radius 3 is 2.35 bits per heavy atom. The second-order valence-electron chi connectivity index (χ2n) is 5.00. The van der Waals surface area contributed by atoms with E-state index in [4.69, 9.17) is 0 Å². The summed E-state index contributed by atoms with van der Waals surface area (Å²) in [6.45, 7) is 4.09. The number of hydrogen-bond acceptors (Lipinski definition) is 2. The maximum atomic E-state index is 9.75. The zero-order chi connectivity index (χ0) is 14.1. The molecule has 3 nitrogen and oxygen atoms in total. The van der Waals surface area contributed by atoms with Gasteiger partial charge >= 0.3 is 0 Å². The van der Waals surface area contributed by atoms with Gasteiger partial charge in [-0.05, 0) is 31.5 Å². The van der Waals surface area contributed by atoms with E-state index < -0.39 is 0 Å². The van der Waals surface area contributed by atoms with Crippen LogP contribution in [0.1, 0.15) is 11.1 Å². The molecule has 0 aliphatic carbocycles. The second-order valence-corrected chi connectivity index (χ2v) is 5.00. The second kappa shape index (κ2) is 4.85. The lowest BCUT2D eigenvalue weighted by atomic mass is 10.1. The molecule has 1 aromatic heterocycles. The summed E-state index contributed by atoms with van der Waals surface area (Å²) >= 11 is 0. The highest BCUT2D eigenvalue weighted by molar-refractivity contribution is 5.63. The highest BCUT2D eigenvalue weighted by Gasteiger charge is 2.11. The maximum Gasteiger partial charge on any atom is 0.231 e. The lowest BCUT2D eigenvalue weighted by molar-refractivity contribution is 0.448. The van der Waals surface area contributed by atoms with Gasteiger partial charge in [0.15, 0.2) is 0 Å². The SMILES string of the molecule is Cc1ccc(-c2cc(O)nn2-c2cccc(C)c2)cc1. The van der Waals surface area contributed by atoms with Crippen LogP contribution in [0.2, 0.25) is 0 Å². The normalized spacial score (nSPS) is 10.7. The van der Waals surface area contributed by atoms with Crippen LogP contribution in [0.15, 0.2) is 54.6 Å². The van der Waals surface area contributed by atoms with E-state index in [1.165, 1.54) is 5.56 Å². The van der Waals surface area contributed by atoms with Crippen LogP contribution >= 0.6 is 0 Å². The molecule has 1 N–H and O–H groups in total. The molecule has 0 aliphatic rings. The van der Waals surface area contributed by atoms with Crippen LogP contribution in [0.5, 0.6) is 5.88 Å². The molecule has 0 bridgehead atoms. The topological polar surface area (TPSA) is 38.1 Å². The van der Waals surface area contributed by atoms with Gasteiger partial charge in [-0.15, -0.1) is 5.10 Å². The van der Waals surface area contributed by atoms with E-state index in [2.05, 4.69) is 24.2 Å². The van der Waals surface area contributed by atoms with Crippen molar-refractivity contribution in [1.82, 2.24) is 9.78 Å². The Labute approximate surface area is 118 Å². The fourth-order valence-corrected chi connectivity index (χ4v) is 2.26. The van der Waals surface area contributed by atoms with Crippen LogP contribution < -0.4 is 0 Å². The smallest absolute Gasteiger partial charge is 0.231 e. The summed E-state index contributed by atoms with van der Waals surface area (Å²) < 4.78 is 1.77. The van der Waals surface area contributed by atoms with Gasteiger partial charge in [-0.25, -0.2) is 4.68 Å². The fraction of sp³-hybridized carbons (Fsp3) is 0.118. The maximum absolute atomic E-state index is 9.75. The summed E-state index contributed by atoms with van der Waals surface area (Å²) in [5.41, 5.74) is 5.23. The molecule has 0 spiro atoms.